The van der Waals surface area contributed by atoms with Crippen LogP contribution in [0.2, 0.25) is 0 Å². The van der Waals surface area contributed by atoms with Gasteiger partial charge in [0.25, 0.3) is 0 Å². The lowest BCUT2D eigenvalue weighted by atomic mass is 10.1. The average molecular weight is 272 g/mol. The number of hydrogen-bond donors (Lipinski definition) is 1. The van der Waals surface area contributed by atoms with Gasteiger partial charge in [0.1, 0.15) is 5.75 Å². The minimum atomic E-state index is -0.428. The first-order chi connectivity index (χ1) is 9.63. The Morgan fingerprint density at radius 2 is 1.80 bits per heavy atom. The van der Waals surface area contributed by atoms with Crippen LogP contribution in [0.5, 0.6) is 11.5 Å². The van der Waals surface area contributed by atoms with Crippen LogP contribution in [-0.2, 0) is 13.0 Å². The van der Waals surface area contributed by atoms with Crippen molar-refractivity contribution in [2.24, 2.45) is 5.73 Å². The number of nitrogens with two attached hydrogens (primary N) is 1. The first-order valence-electron chi connectivity index (χ1n) is 6.38. The largest absolute Gasteiger partial charge is 0.450 e. The molecule has 0 aliphatic carbocycles. The van der Waals surface area contributed by atoms with E-state index in [1.165, 1.54) is 0 Å². The Hall–Kier alpha value is -2.40. The summed E-state index contributed by atoms with van der Waals surface area (Å²) in [5.74, 6) is 0.794. The van der Waals surface area contributed by atoms with Crippen molar-refractivity contribution in [3.8, 4) is 11.5 Å². The third-order valence-corrected chi connectivity index (χ3v) is 3.02. The molecular formula is C15H16N2O3. The Bertz CT molecular complexity index is 609. The number of nitro groups is 1. The molecule has 0 unspecified atom stereocenters. The summed E-state index contributed by atoms with van der Waals surface area (Å²) in [6.45, 7) is 2.40. The van der Waals surface area contributed by atoms with Crippen molar-refractivity contribution < 1.29 is 9.66 Å². The van der Waals surface area contributed by atoms with E-state index in [1.807, 2.05) is 25.1 Å². The van der Waals surface area contributed by atoms with Gasteiger partial charge >= 0.3 is 5.69 Å². The SMILES string of the molecule is CCc1ccc(Oc2ccc(CN)cc2)c([N+](=O)[O-])c1. The van der Waals surface area contributed by atoms with Gasteiger partial charge in [0, 0.05) is 12.6 Å². The van der Waals surface area contributed by atoms with E-state index in [1.54, 1.807) is 24.3 Å². The Labute approximate surface area is 117 Å². The molecule has 0 radical (unpaired) electrons. The topological polar surface area (TPSA) is 78.4 Å². The molecule has 2 rings (SSSR count). The number of rotatable bonds is 5. The van der Waals surface area contributed by atoms with Gasteiger partial charge in [-0.3, -0.25) is 10.1 Å². The van der Waals surface area contributed by atoms with E-state index < -0.39 is 4.92 Å². The molecule has 0 aliphatic heterocycles. The summed E-state index contributed by atoms with van der Waals surface area (Å²) in [6.07, 6.45) is 0.742. The maximum Gasteiger partial charge on any atom is 0.311 e. The van der Waals surface area contributed by atoms with Crippen LogP contribution < -0.4 is 10.5 Å². The van der Waals surface area contributed by atoms with Crippen molar-refractivity contribution in [2.45, 2.75) is 19.9 Å². The summed E-state index contributed by atoms with van der Waals surface area (Å²) in [5, 5.41) is 11.1. The van der Waals surface area contributed by atoms with Crippen molar-refractivity contribution in [1.82, 2.24) is 0 Å². The van der Waals surface area contributed by atoms with E-state index in [2.05, 4.69) is 0 Å². The Morgan fingerprint density at radius 3 is 2.35 bits per heavy atom. The number of hydrogen-bond acceptors (Lipinski definition) is 4. The number of nitrogens with zero attached hydrogens (tertiary/aromatic N) is 1. The van der Waals surface area contributed by atoms with Gasteiger partial charge in [-0.1, -0.05) is 25.1 Å². The van der Waals surface area contributed by atoms with Crippen molar-refractivity contribution in [3.05, 3.63) is 63.7 Å². The molecule has 0 aliphatic rings. The quantitative estimate of drug-likeness (QED) is 0.668. The molecule has 0 spiro atoms. The van der Waals surface area contributed by atoms with Crippen LogP contribution in [0, 0.1) is 10.1 Å². The molecule has 0 fully saturated rings. The lowest BCUT2D eigenvalue weighted by molar-refractivity contribution is -0.385. The van der Waals surface area contributed by atoms with Crippen molar-refractivity contribution in [2.75, 3.05) is 0 Å². The van der Waals surface area contributed by atoms with E-state index in [4.69, 9.17) is 10.5 Å². The maximum absolute atomic E-state index is 11.1. The molecule has 0 amide bonds. The summed E-state index contributed by atoms with van der Waals surface area (Å²) in [4.78, 5) is 10.7. The molecule has 104 valence electrons. The molecule has 0 heterocycles. The highest BCUT2D eigenvalue weighted by atomic mass is 16.6. The highest BCUT2D eigenvalue weighted by Crippen LogP contribution is 2.32. The number of benzene rings is 2. The normalized spacial score (nSPS) is 10.3. The van der Waals surface area contributed by atoms with Crippen LogP contribution >= 0.6 is 0 Å². The van der Waals surface area contributed by atoms with Gasteiger partial charge in [-0.15, -0.1) is 0 Å². The van der Waals surface area contributed by atoms with E-state index >= 15 is 0 Å². The first kappa shape index (κ1) is 14.0. The third kappa shape index (κ3) is 3.13. The molecule has 0 saturated heterocycles. The summed E-state index contributed by atoms with van der Waals surface area (Å²) in [7, 11) is 0. The predicted octanol–water partition coefficient (Wildman–Crippen LogP) is 3.41. The lowest BCUT2D eigenvalue weighted by Crippen LogP contribution is -1.97. The minimum absolute atomic E-state index is 0.0211. The highest BCUT2D eigenvalue weighted by molar-refractivity contribution is 5.50. The summed E-state index contributed by atoms with van der Waals surface area (Å²) < 4.78 is 5.59. The van der Waals surface area contributed by atoms with E-state index in [0.29, 0.717) is 12.3 Å². The Kier molecular flexibility index (Phi) is 4.32. The molecular weight excluding hydrogens is 256 g/mol. The maximum atomic E-state index is 11.1. The molecule has 5 nitrogen and oxygen atoms in total. The molecule has 2 aromatic rings. The van der Waals surface area contributed by atoms with Gasteiger partial charge in [-0.2, -0.15) is 0 Å². The average Bonchev–Trinajstić information content (AvgIpc) is 2.48. The van der Waals surface area contributed by atoms with Gasteiger partial charge < -0.3 is 10.5 Å². The Balaban J connectivity index is 2.29. The zero-order valence-corrected chi connectivity index (χ0v) is 11.2. The van der Waals surface area contributed by atoms with Crippen LogP contribution in [-0.4, -0.2) is 4.92 Å². The lowest BCUT2D eigenvalue weighted by Gasteiger charge is -2.08. The number of ether oxygens (including phenoxy) is 1. The van der Waals surface area contributed by atoms with Gasteiger partial charge in [0.05, 0.1) is 4.92 Å². The van der Waals surface area contributed by atoms with Crippen LogP contribution in [0.25, 0.3) is 0 Å². The zero-order valence-electron chi connectivity index (χ0n) is 11.2. The van der Waals surface area contributed by atoms with Crippen LogP contribution in [0.1, 0.15) is 18.1 Å². The molecule has 0 bridgehead atoms. The fourth-order valence-corrected chi connectivity index (χ4v) is 1.83. The molecule has 2 N–H and O–H groups in total. The Morgan fingerprint density at radius 1 is 1.15 bits per heavy atom. The van der Waals surface area contributed by atoms with Gasteiger partial charge in [0.2, 0.25) is 5.75 Å². The molecule has 0 aromatic heterocycles. The van der Waals surface area contributed by atoms with E-state index in [0.717, 1.165) is 17.5 Å². The second kappa shape index (κ2) is 6.16. The molecule has 0 saturated carbocycles. The van der Waals surface area contributed by atoms with Gasteiger partial charge in [-0.05, 0) is 35.7 Å². The van der Waals surface area contributed by atoms with Gasteiger partial charge in [-0.25, -0.2) is 0 Å². The van der Waals surface area contributed by atoms with Crippen molar-refractivity contribution in [3.63, 3.8) is 0 Å². The highest BCUT2D eigenvalue weighted by Gasteiger charge is 2.16. The van der Waals surface area contributed by atoms with Gasteiger partial charge in [0.15, 0.2) is 0 Å². The molecule has 2 aromatic carbocycles. The van der Waals surface area contributed by atoms with E-state index in [9.17, 15) is 10.1 Å². The smallest absolute Gasteiger partial charge is 0.311 e. The van der Waals surface area contributed by atoms with Crippen LogP contribution in [0.15, 0.2) is 42.5 Å². The van der Waals surface area contributed by atoms with Crippen LogP contribution in [0.4, 0.5) is 5.69 Å². The molecule has 0 atom stereocenters. The second-order valence-electron chi connectivity index (χ2n) is 4.36. The number of nitro benzene ring substituents is 1. The van der Waals surface area contributed by atoms with Crippen molar-refractivity contribution in [1.29, 1.82) is 0 Å². The third-order valence-electron chi connectivity index (χ3n) is 3.02. The summed E-state index contributed by atoms with van der Waals surface area (Å²) >= 11 is 0. The first-order valence-corrected chi connectivity index (χ1v) is 6.38. The predicted molar refractivity (Wildman–Crippen MR) is 76.9 cm³/mol. The van der Waals surface area contributed by atoms with Crippen LogP contribution in [0.3, 0.4) is 0 Å². The summed E-state index contributed by atoms with van der Waals surface area (Å²) in [6, 6.07) is 12.2. The van der Waals surface area contributed by atoms with E-state index in [-0.39, 0.29) is 11.4 Å². The summed E-state index contributed by atoms with van der Waals surface area (Å²) in [5.41, 5.74) is 7.38. The minimum Gasteiger partial charge on any atom is -0.450 e. The fraction of sp³-hybridized carbons (Fsp3) is 0.200. The standard InChI is InChI=1S/C15H16N2O3/c1-2-11-5-8-15(14(9-11)17(18)19)20-13-6-3-12(10-16)4-7-13/h3-9H,2,10,16H2,1H3. The molecule has 20 heavy (non-hydrogen) atoms. The zero-order chi connectivity index (χ0) is 14.5. The van der Waals surface area contributed by atoms with Crippen molar-refractivity contribution >= 4 is 5.69 Å². The fourth-order valence-electron chi connectivity index (χ4n) is 1.83. The number of aryl methyl sites for hydroxylation is 1. The monoisotopic (exact) mass is 272 g/mol. The second-order valence-corrected chi connectivity index (χ2v) is 4.36. The molecule has 5 heteroatoms.